The zero-order valence-electron chi connectivity index (χ0n) is 12.4. The minimum absolute atomic E-state index is 0.0439. The minimum Gasteiger partial charge on any atom is -0.454 e. The van der Waals surface area contributed by atoms with E-state index in [1.165, 1.54) is 0 Å². The first-order chi connectivity index (χ1) is 11.5. The fraction of sp³-hybridized carbons (Fsp3) is 0.250. The van der Waals surface area contributed by atoms with Gasteiger partial charge >= 0.3 is 5.95 Å². The van der Waals surface area contributed by atoms with Crippen molar-refractivity contribution in [3.63, 3.8) is 0 Å². The molecule has 1 aromatic heterocycles. The van der Waals surface area contributed by atoms with E-state index in [1.807, 2.05) is 0 Å². The second-order valence-electron chi connectivity index (χ2n) is 4.73. The molecule has 1 aliphatic heterocycles. The van der Waals surface area contributed by atoms with Gasteiger partial charge in [-0.3, -0.25) is 4.79 Å². The lowest BCUT2D eigenvalue weighted by Crippen LogP contribution is -2.21. The van der Waals surface area contributed by atoms with Gasteiger partial charge in [0, 0.05) is 10.8 Å². The summed E-state index contributed by atoms with van der Waals surface area (Å²) in [5, 5.41) is 24.7. The highest BCUT2D eigenvalue weighted by molar-refractivity contribution is 5.95. The monoisotopic (exact) mass is 333 g/mol. The van der Waals surface area contributed by atoms with Crippen molar-refractivity contribution in [2.24, 2.45) is 5.10 Å². The maximum absolute atomic E-state index is 12.0. The number of amides is 1. The first-order valence-corrected chi connectivity index (χ1v) is 6.68. The molecule has 2 aromatic rings. The molecule has 0 bridgehead atoms. The van der Waals surface area contributed by atoms with Crippen molar-refractivity contribution in [3.05, 3.63) is 33.9 Å². The van der Waals surface area contributed by atoms with Crippen LogP contribution in [0.15, 0.2) is 23.3 Å². The Balaban J connectivity index is 1.61. The summed E-state index contributed by atoms with van der Waals surface area (Å²) in [5.74, 6) is 0.0185. The fourth-order valence-corrected chi connectivity index (χ4v) is 1.86. The molecule has 0 radical (unpaired) electrons. The molecular formula is C12H11N7O5. The van der Waals surface area contributed by atoms with E-state index in [-0.39, 0.29) is 13.3 Å². The lowest BCUT2D eigenvalue weighted by Gasteiger charge is -2.03. The maximum Gasteiger partial charge on any atom is 0.514 e. The Bertz CT molecular complexity index is 831. The van der Waals surface area contributed by atoms with Crippen LogP contribution in [-0.2, 0) is 6.54 Å². The number of nitro groups is 1. The molecule has 1 aromatic carbocycles. The molecule has 0 saturated carbocycles. The largest absolute Gasteiger partial charge is 0.514 e. The van der Waals surface area contributed by atoms with Gasteiger partial charge in [-0.2, -0.15) is 5.10 Å². The zero-order chi connectivity index (χ0) is 17.1. The van der Waals surface area contributed by atoms with Crippen molar-refractivity contribution < 1.29 is 19.2 Å². The Morgan fingerprint density at radius 3 is 3.00 bits per heavy atom. The quantitative estimate of drug-likeness (QED) is 0.461. The van der Waals surface area contributed by atoms with E-state index >= 15 is 0 Å². The number of hydrogen-bond donors (Lipinski definition) is 1. The molecule has 12 nitrogen and oxygen atoms in total. The highest BCUT2D eigenvalue weighted by atomic mass is 16.7. The average molecular weight is 333 g/mol. The molecule has 0 saturated heterocycles. The van der Waals surface area contributed by atoms with E-state index in [0.717, 1.165) is 4.80 Å². The van der Waals surface area contributed by atoms with Crippen molar-refractivity contribution in [2.45, 2.75) is 13.5 Å². The molecular weight excluding hydrogens is 322 g/mol. The van der Waals surface area contributed by atoms with Gasteiger partial charge in [0.15, 0.2) is 11.5 Å². The van der Waals surface area contributed by atoms with Crippen LogP contribution in [-0.4, -0.2) is 43.5 Å². The van der Waals surface area contributed by atoms with Crippen LogP contribution in [0, 0.1) is 10.1 Å². The van der Waals surface area contributed by atoms with Crippen LogP contribution in [0.5, 0.6) is 11.5 Å². The van der Waals surface area contributed by atoms with Crippen LogP contribution in [0.4, 0.5) is 5.95 Å². The second kappa shape index (κ2) is 6.28. The first kappa shape index (κ1) is 15.3. The molecule has 12 heteroatoms. The Morgan fingerprint density at radius 2 is 2.25 bits per heavy atom. The number of carbonyl (C=O) groups excluding carboxylic acids is 1. The summed E-state index contributed by atoms with van der Waals surface area (Å²) < 4.78 is 10.4. The van der Waals surface area contributed by atoms with Crippen molar-refractivity contribution in [1.82, 2.24) is 25.6 Å². The van der Waals surface area contributed by atoms with Gasteiger partial charge in [0.2, 0.25) is 6.79 Å². The molecule has 2 heterocycles. The number of hydrogen-bond acceptors (Lipinski definition) is 9. The van der Waals surface area contributed by atoms with Gasteiger partial charge in [0.25, 0.3) is 5.91 Å². The Morgan fingerprint density at radius 1 is 1.46 bits per heavy atom. The third-order valence-corrected chi connectivity index (χ3v) is 2.96. The number of ether oxygens (including phenoxy) is 2. The first-order valence-electron chi connectivity index (χ1n) is 6.68. The van der Waals surface area contributed by atoms with E-state index in [9.17, 15) is 14.9 Å². The van der Waals surface area contributed by atoms with Crippen LogP contribution in [0.25, 0.3) is 0 Å². The smallest absolute Gasteiger partial charge is 0.454 e. The van der Waals surface area contributed by atoms with E-state index in [4.69, 9.17) is 9.47 Å². The molecule has 1 aliphatic rings. The molecule has 24 heavy (non-hydrogen) atoms. The number of nitrogens with one attached hydrogen (secondary N) is 1. The van der Waals surface area contributed by atoms with Crippen LogP contribution in [0.2, 0.25) is 0 Å². The minimum atomic E-state index is -0.753. The molecule has 0 atom stereocenters. The lowest BCUT2D eigenvalue weighted by atomic mass is 10.2. The Kier molecular flexibility index (Phi) is 4.01. The number of tetrazole rings is 1. The van der Waals surface area contributed by atoms with Gasteiger partial charge in [-0.25, -0.2) is 5.43 Å². The molecule has 1 amide bonds. The predicted molar refractivity (Wildman–Crippen MR) is 77.6 cm³/mol. The summed E-state index contributed by atoms with van der Waals surface area (Å²) >= 11 is 0. The number of carbonyl (C=O) groups is 1. The van der Waals surface area contributed by atoms with Crippen molar-refractivity contribution in [1.29, 1.82) is 0 Å². The third kappa shape index (κ3) is 3.26. The molecule has 0 fully saturated rings. The lowest BCUT2D eigenvalue weighted by molar-refractivity contribution is -0.394. The van der Waals surface area contributed by atoms with Gasteiger partial charge < -0.3 is 19.6 Å². The van der Waals surface area contributed by atoms with Crippen LogP contribution >= 0.6 is 0 Å². The summed E-state index contributed by atoms with van der Waals surface area (Å²) in [6.45, 7) is 1.77. The fourth-order valence-electron chi connectivity index (χ4n) is 1.86. The number of aromatic nitrogens is 4. The van der Waals surface area contributed by atoms with Gasteiger partial charge in [-0.05, 0) is 30.0 Å². The highest BCUT2D eigenvalue weighted by Gasteiger charge is 2.17. The van der Waals surface area contributed by atoms with Crippen LogP contribution in [0.1, 0.15) is 17.3 Å². The second-order valence-corrected chi connectivity index (χ2v) is 4.73. The summed E-state index contributed by atoms with van der Waals surface area (Å²) in [6, 6.07) is 4.76. The number of hydrazone groups is 1. The van der Waals surface area contributed by atoms with E-state index in [0.29, 0.717) is 22.8 Å². The molecule has 1 N–H and O–H groups in total. The summed E-state index contributed by atoms with van der Waals surface area (Å²) in [6.07, 6.45) is 0. The van der Waals surface area contributed by atoms with Gasteiger partial charge in [-0.1, -0.05) is 4.80 Å². The normalized spacial score (nSPS) is 13.0. The van der Waals surface area contributed by atoms with Crippen molar-refractivity contribution in [2.75, 3.05) is 6.79 Å². The number of benzene rings is 1. The van der Waals surface area contributed by atoms with Gasteiger partial charge in [0.05, 0.1) is 15.9 Å². The number of fused-ring (bicyclic) bond motifs is 1. The predicted octanol–water partition coefficient (Wildman–Crippen LogP) is 0.116. The SMILES string of the molecule is CC(Cn1nnc([N+](=O)[O-])n1)=NNC(=O)c1ccc2c(c1)OCO2. The van der Waals surface area contributed by atoms with Gasteiger partial charge in [-0.15, -0.1) is 0 Å². The zero-order valence-corrected chi connectivity index (χ0v) is 12.4. The standard InChI is InChI=1S/C12H11N7O5/c1-7(5-18-16-12(15-17-18)19(21)22)13-14-11(20)8-2-3-9-10(4-8)24-6-23-9/h2-4H,5-6H2,1H3,(H,14,20). The van der Waals surface area contributed by atoms with Crippen molar-refractivity contribution in [3.8, 4) is 11.5 Å². The van der Waals surface area contributed by atoms with Crippen LogP contribution in [0.3, 0.4) is 0 Å². The summed E-state index contributed by atoms with van der Waals surface area (Å²) in [5.41, 5.74) is 3.15. The highest BCUT2D eigenvalue weighted by Crippen LogP contribution is 2.32. The van der Waals surface area contributed by atoms with E-state index in [1.54, 1.807) is 25.1 Å². The van der Waals surface area contributed by atoms with Gasteiger partial charge in [0.1, 0.15) is 6.54 Å². The average Bonchev–Trinajstić information content (AvgIpc) is 3.20. The van der Waals surface area contributed by atoms with E-state index in [2.05, 4.69) is 25.9 Å². The Hall–Kier alpha value is -3.57. The van der Waals surface area contributed by atoms with E-state index < -0.39 is 16.8 Å². The summed E-state index contributed by atoms with van der Waals surface area (Å²) in [7, 11) is 0. The molecule has 124 valence electrons. The summed E-state index contributed by atoms with van der Waals surface area (Å²) in [4.78, 5) is 22.8. The number of rotatable bonds is 5. The van der Waals surface area contributed by atoms with Crippen LogP contribution < -0.4 is 14.9 Å². The Labute approximate surface area is 134 Å². The molecule has 3 rings (SSSR count). The van der Waals surface area contributed by atoms with Crippen molar-refractivity contribution >= 4 is 17.6 Å². The molecule has 0 spiro atoms. The maximum atomic E-state index is 12.0. The number of nitrogens with zero attached hydrogens (tertiary/aromatic N) is 6. The topological polar surface area (TPSA) is 147 Å². The third-order valence-electron chi connectivity index (χ3n) is 2.96. The molecule has 0 aliphatic carbocycles. The molecule has 0 unspecified atom stereocenters.